The zero-order valence-electron chi connectivity index (χ0n) is 12.7. The van der Waals surface area contributed by atoms with Crippen molar-refractivity contribution < 1.29 is 4.79 Å². The van der Waals surface area contributed by atoms with E-state index in [9.17, 15) is 4.79 Å². The second kappa shape index (κ2) is 7.25. The predicted octanol–water partition coefficient (Wildman–Crippen LogP) is 2.65. The lowest BCUT2D eigenvalue weighted by Gasteiger charge is -2.37. The molecule has 1 aromatic rings. The van der Waals surface area contributed by atoms with Gasteiger partial charge in [-0.1, -0.05) is 24.6 Å². The van der Waals surface area contributed by atoms with Crippen molar-refractivity contribution in [2.75, 3.05) is 25.0 Å². The highest BCUT2D eigenvalue weighted by atomic mass is 35.5. The van der Waals surface area contributed by atoms with Crippen molar-refractivity contribution >= 4 is 23.2 Å². The van der Waals surface area contributed by atoms with E-state index < -0.39 is 0 Å². The molecule has 5 heteroatoms. The molecular formula is C16H24ClN3O. The number of hydrogen-bond acceptors (Lipinski definition) is 3. The molecule has 1 aromatic carbocycles. The number of nitrogens with one attached hydrogen (secondary N) is 1. The highest BCUT2D eigenvalue weighted by molar-refractivity contribution is 6.31. The number of halogens is 1. The minimum Gasteiger partial charge on any atom is -0.329 e. The van der Waals surface area contributed by atoms with E-state index in [0.29, 0.717) is 30.1 Å². The zero-order chi connectivity index (χ0) is 15.4. The number of hydrogen-bond donors (Lipinski definition) is 2. The molecule has 0 bridgehead atoms. The summed E-state index contributed by atoms with van der Waals surface area (Å²) in [5.41, 5.74) is 7.52. The Morgan fingerprint density at radius 2 is 2.29 bits per heavy atom. The lowest BCUT2D eigenvalue weighted by atomic mass is 9.92. The number of likely N-dealkylation sites (tertiary alicyclic amines) is 1. The van der Waals surface area contributed by atoms with Crippen LogP contribution >= 0.6 is 11.6 Å². The van der Waals surface area contributed by atoms with E-state index in [1.165, 1.54) is 0 Å². The fourth-order valence-electron chi connectivity index (χ4n) is 2.87. The standard InChI is InChI=1S/C16H24ClN3O/c1-11-6-7-20(13(8-11)9-18)10-16(21)19-15-5-3-4-14(17)12(15)2/h3-5,11,13H,6-10,18H2,1-2H3,(H,19,21). The number of piperidine rings is 1. The van der Waals surface area contributed by atoms with Gasteiger partial charge in [-0.05, 0) is 49.9 Å². The first kappa shape index (κ1) is 16.3. The number of anilines is 1. The Kier molecular flexibility index (Phi) is 5.62. The van der Waals surface area contributed by atoms with Crippen molar-refractivity contribution in [1.82, 2.24) is 4.90 Å². The van der Waals surface area contributed by atoms with Crippen LogP contribution in [0.3, 0.4) is 0 Å². The minimum absolute atomic E-state index is 0.00614. The maximum atomic E-state index is 12.3. The Balaban J connectivity index is 1.96. The van der Waals surface area contributed by atoms with Crippen LogP contribution in [0.15, 0.2) is 18.2 Å². The molecule has 0 aliphatic carbocycles. The number of nitrogens with zero attached hydrogens (tertiary/aromatic N) is 1. The van der Waals surface area contributed by atoms with Gasteiger partial charge in [0.05, 0.1) is 6.54 Å². The van der Waals surface area contributed by atoms with Crippen LogP contribution in [0.4, 0.5) is 5.69 Å². The second-order valence-electron chi connectivity index (χ2n) is 5.95. The molecule has 2 rings (SSSR count). The van der Waals surface area contributed by atoms with Gasteiger partial charge >= 0.3 is 0 Å². The molecule has 1 amide bonds. The zero-order valence-corrected chi connectivity index (χ0v) is 13.5. The Hall–Kier alpha value is -1.10. The highest BCUT2D eigenvalue weighted by Gasteiger charge is 2.26. The Morgan fingerprint density at radius 1 is 1.52 bits per heavy atom. The van der Waals surface area contributed by atoms with Crippen LogP contribution in [0, 0.1) is 12.8 Å². The van der Waals surface area contributed by atoms with Crippen molar-refractivity contribution in [3.63, 3.8) is 0 Å². The number of carbonyl (C=O) groups excluding carboxylic acids is 1. The summed E-state index contributed by atoms with van der Waals surface area (Å²) in [4.78, 5) is 14.4. The molecule has 4 nitrogen and oxygen atoms in total. The quantitative estimate of drug-likeness (QED) is 0.899. The number of amides is 1. The summed E-state index contributed by atoms with van der Waals surface area (Å²) in [7, 11) is 0. The van der Waals surface area contributed by atoms with Gasteiger partial charge in [-0.3, -0.25) is 9.69 Å². The molecule has 116 valence electrons. The Morgan fingerprint density at radius 3 is 3.00 bits per heavy atom. The number of benzene rings is 1. The number of carbonyl (C=O) groups is 1. The third kappa shape index (κ3) is 4.19. The summed E-state index contributed by atoms with van der Waals surface area (Å²) in [5, 5.41) is 3.61. The van der Waals surface area contributed by atoms with Crippen LogP contribution in [0.25, 0.3) is 0 Å². The van der Waals surface area contributed by atoms with Gasteiger partial charge in [0.1, 0.15) is 0 Å². The first-order chi connectivity index (χ1) is 10.0. The van der Waals surface area contributed by atoms with Crippen LogP contribution in [0.2, 0.25) is 5.02 Å². The van der Waals surface area contributed by atoms with Crippen molar-refractivity contribution in [3.8, 4) is 0 Å². The van der Waals surface area contributed by atoms with Crippen LogP contribution < -0.4 is 11.1 Å². The van der Waals surface area contributed by atoms with Gasteiger partial charge < -0.3 is 11.1 Å². The first-order valence-corrected chi connectivity index (χ1v) is 7.88. The van der Waals surface area contributed by atoms with Crippen molar-refractivity contribution in [1.29, 1.82) is 0 Å². The fourth-order valence-corrected chi connectivity index (χ4v) is 3.05. The molecule has 1 heterocycles. The number of nitrogens with two attached hydrogens (primary N) is 1. The molecule has 1 aliphatic heterocycles. The smallest absolute Gasteiger partial charge is 0.238 e. The maximum absolute atomic E-state index is 12.3. The average molecular weight is 310 g/mol. The van der Waals surface area contributed by atoms with Gasteiger partial charge in [-0.15, -0.1) is 0 Å². The topological polar surface area (TPSA) is 58.4 Å². The summed E-state index contributed by atoms with van der Waals surface area (Å²) < 4.78 is 0. The molecule has 1 saturated heterocycles. The van der Waals surface area contributed by atoms with E-state index in [2.05, 4.69) is 17.1 Å². The molecule has 2 atom stereocenters. The third-order valence-corrected chi connectivity index (χ3v) is 4.67. The van der Waals surface area contributed by atoms with Crippen LogP contribution in [0.1, 0.15) is 25.3 Å². The van der Waals surface area contributed by atoms with E-state index in [1.54, 1.807) is 0 Å². The predicted molar refractivity (Wildman–Crippen MR) is 87.6 cm³/mol. The summed E-state index contributed by atoms with van der Waals surface area (Å²) in [6.07, 6.45) is 2.19. The van der Waals surface area contributed by atoms with E-state index in [4.69, 9.17) is 17.3 Å². The highest BCUT2D eigenvalue weighted by Crippen LogP contribution is 2.24. The molecule has 3 N–H and O–H groups in total. The Bertz CT molecular complexity index is 506. The van der Waals surface area contributed by atoms with E-state index in [-0.39, 0.29) is 5.91 Å². The summed E-state index contributed by atoms with van der Waals surface area (Å²) in [5.74, 6) is 0.682. The van der Waals surface area contributed by atoms with Gasteiger partial charge in [-0.25, -0.2) is 0 Å². The lowest BCUT2D eigenvalue weighted by Crippen LogP contribution is -2.49. The van der Waals surface area contributed by atoms with E-state index in [1.807, 2.05) is 25.1 Å². The summed E-state index contributed by atoms with van der Waals surface area (Å²) in [6.45, 7) is 6.08. The van der Waals surface area contributed by atoms with Gasteiger partial charge in [0, 0.05) is 23.3 Å². The summed E-state index contributed by atoms with van der Waals surface area (Å²) >= 11 is 6.07. The average Bonchev–Trinajstić information content (AvgIpc) is 2.45. The SMILES string of the molecule is Cc1c(Cl)cccc1NC(=O)CN1CCC(C)CC1CN. The van der Waals surface area contributed by atoms with Crippen LogP contribution in [-0.4, -0.2) is 36.5 Å². The van der Waals surface area contributed by atoms with Crippen molar-refractivity contribution in [2.24, 2.45) is 11.7 Å². The minimum atomic E-state index is -0.00614. The number of rotatable bonds is 4. The first-order valence-electron chi connectivity index (χ1n) is 7.50. The third-order valence-electron chi connectivity index (χ3n) is 4.26. The Labute approximate surface area is 131 Å². The molecule has 1 aliphatic rings. The monoisotopic (exact) mass is 309 g/mol. The molecule has 0 radical (unpaired) electrons. The van der Waals surface area contributed by atoms with E-state index in [0.717, 1.165) is 30.6 Å². The van der Waals surface area contributed by atoms with Crippen LogP contribution in [-0.2, 0) is 4.79 Å². The van der Waals surface area contributed by atoms with Crippen LogP contribution in [0.5, 0.6) is 0 Å². The molecule has 2 unspecified atom stereocenters. The summed E-state index contributed by atoms with van der Waals surface area (Å²) in [6, 6.07) is 5.84. The van der Waals surface area contributed by atoms with Gasteiger partial charge in [0.15, 0.2) is 0 Å². The van der Waals surface area contributed by atoms with Gasteiger partial charge in [-0.2, -0.15) is 0 Å². The largest absolute Gasteiger partial charge is 0.329 e. The molecule has 0 saturated carbocycles. The maximum Gasteiger partial charge on any atom is 0.238 e. The lowest BCUT2D eigenvalue weighted by molar-refractivity contribution is -0.118. The normalized spacial score (nSPS) is 23.0. The molecule has 0 spiro atoms. The van der Waals surface area contributed by atoms with Gasteiger partial charge in [0.25, 0.3) is 0 Å². The van der Waals surface area contributed by atoms with E-state index >= 15 is 0 Å². The van der Waals surface area contributed by atoms with Gasteiger partial charge in [0.2, 0.25) is 5.91 Å². The molecule has 0 aromatic heterocycles. The molecular weight excluding hydrogens is 286 g/mol. The molecule has 1 fully saturated rings. The fraction of sp³-hybridized carbons (Fsp3) is 0.562. The second-order valence-corrected chi connectivity index (χ2v) is 6.36. The molecule has 21 heavy (non-hydrogen) atoms. The van der Waals surface area contributed by atoms with Crippen molar-refractivity contribution in [2.45, 2.75) is 32.7 Å². The van der Waals surface area contributed by atoms with Crippen molar-refractivity contribution in [3.05, 3.63) is 28.8 Å².